The van der Waals surface area contributed by atoms with E-state index < -0.39 is 0 Å². The van der Waals surface area contributed by atoms with E-state index in [9.17, 15) is 4.79 Å². The molecule has 234 valence electrons. The molecule has 2 aromatic heterocycles. The number of aromatic nitrogens is 2. The van der Waals surface area contributed by atoms with Crippen LogP contribution in [0, 0.1) is 0 Å². The lowest BCUT2D eigenvalue weighted by Gasteiger charge is -2.14. The van der Waals surface area contributed by atoms with Gasteiger partial charge in [0.1, 0.15) is 11.5 Å². The van der Waals surface area contributed by atoms with Crippen LogP contribution in [0.5, 0.6) is 11.5 Å². The van der Waals surface area contributed by atoms with E-state index in [1.165, 1.54) is 0 Å². The number of imidazole rings is 1. The SMILES string of the molecule is COc1ccc(-c2nc(-c3ccco3)n(Cc3ccc(C(=O)CCCOCCOCCN)cc3)c2-c2ccc(OC)cc2)cc1. The van der Waals surface area contributed by atoms with Crippen LogP contribution < -0.4 is 15.2 Å². The molecule has 0 bridgehead atoms. The highest BCUT2D eigenvalue weighted by atomic mass is 16.5. The molecule has 9 nitrogen and oxygen atoms in total. The zero-order valence-electron chi connectivity index (χ0n) is 25.7. The lowest BCUT2D eigenvalue weighted by Crippen LogP contribution is -2.12. The molecule has 0 atom stereocenters. The number of carbonyl (C=O) groups is 1. The summed E-state index contributed by atoms with van der Waals surface area (Å²) in [5, 5.41) is 0. The van der Waals surface area contributed by atoms with Crippen LogP contribution in [0.1, 0.15) is 28.8 Å². The van der Waals surface area contributed by atoms with Crippen LogP contribution in [0.2, 0.25) is 0 Å². The van der Waals surface area contributed by atoms with E-state index >= 15 is 0 Å². The first-order valence-electron chi connectivity index (χ1n) is 15.0. The van der Waals surface area contributed by atoms with E-state index in [2.05, 4.69) is 4.57 Å². The molecule has 0 saturated carbocycles. The largest absolute Gasteiger partial charge is 0.497 e. The van der Waals surface area contributed by atoms with Gasteiger partial charge >= 0.3 is 0 Å². The van der Waals surface area contributed by atoms with Crippen LogP contribution in [0.3, 0.4) is 0 Å². The molecule has 5 rings (SSSR count). The standard InChI is InChI=1S/C36H39N3O6/c1-41-30-15-11-28(12-16-30)34-35(29-13-17-31(42-2)18-14-29)39(36(38-34)33-6-4-21-45-33)25-26-7-9-27(10-8-26)32(40)5-3-20-43-23-24-44-22-19-37/h4,6-18,21H,3,5,19-20,22-25,37H2,1-2H3. The minimum absolute atomic E-state index is 0.0872. The van der Waals surface area contributed by atoms with Crippen LogP contribution in [0.15, 0.2) is 95.6 Å². The Labute approximate surface area is 263 Å². The van der Waals surface area contributed by atoms with Crippen LogP contribution in [-0.2, 0) is 16.0 Å². The number of hydrogen-bond donors (Lipinski definition) is 1. The van der Waals surface area contributed by atoms with Gasteiger partial charge in [-0.2, -0.15) is 0 Å². The monoisotopic (exact) mass is 609 g/mol. The topological polar surface area (TPSA) is 111 Å². The number of nitrogens with zero attached hydrogens (tertiary/aromatic N) is 2. The molecular weight excluding hydrogens is 570 g/mol. The Balaban J connectivity index is 1.41. The van der Waals surface area contributed by atoms with Crippen molar-refractivity contribution in [1.82, 2.24) is 9.55 Å². The number of carbonyl (C=O) groups excluding carboxylic acids is 1. The van der Waals surface area contributed by atoms with Gasteiger partial charge in [0.05, 0.1) is 51.7 Å². The minimum atomic E-state index is 0.0872. The second-order valence-electron chi connectivity index (χ2n) is 10.4. The molecule has 9 heteroatoms. The van der Waals surface area contributed by atoms with Crippen molar-refractivity contribution in [2.24, 2.45) is 5.73 Å². The smallest absolute Gasteiger partial charge is 0.177 e. The number of rotatable bonds is 17. The molecule has 45 heavy (non-hydrogen) atoms. The number of benzene rings is 3. The summed E-state index contributed by atoms with van der Waals surface area (Å²) < 4.78 is 29.7. The fourth-order valence-electron chi connectivity index (χ4n) is 5.06. The van der Waals surface area contributed by atoms with Gasteiger partial charge < -0.3 is 33.7 Å². The van der Waals surface area contributed by atoms with Gasteiger partial charge in [-0.1, -0.05) is 24.3 Å². The predicted molar refractivity (Wildman–Crippen MR) is 174 cm³/mol. The lowest BCUT2D eigenvalue weighted by molar-refractivity contribution is 0.0489. The lowest BCUT2D eigenvalue weighted by atomic mass is 10.0. The van der Waals surface area contributed by atoms with Crippen LogP contribution in [0.25, 0.3) is 34.1 Å². The third-order valence-corrected chi connectivity index (χ3v) is 7.38. The van der Waals surface area contributed by atoms with Crippen molar-refractivity contribution in [1.29, 1.82) is 0 Å². The Morgan fingerprint density at radius 1 is 0.800 bits per heavy atom. The fraction of sp³-hybridized carbons (Fsp3) is 0.278. The Morgan fingerprint density at radius 3 is 2.04 bits per heavy atom. The van der Waals surface area contributed by atoms with Crippen molar-refractivity contribution in [2.75, 3.05) is 47.2 Å². The molecule has 2 N–H and O–H groups in total. The maximum atomic E-state index is 12.9. The molecule has 0 aliphatic carbocycles. The van der Waals surface area contributed by atoms with Gasteiger partial charge in [-0.15, -0.1) is 0 Å². The summed E-state index contributed by atoms with van der Waals surface area (Å²) in [5.41, 5.74) is 10.8. The first-order valence-corrected chi connectivity index (χ1v) is 15.0. The molecule has 2 heterocycles. The van der Waals surface area contributed by atoms with Gasteiger partial charge in [0.15, 0.2) is 17.4 Å². The van der Waals surface area contributed by atoms with Gasteiger partial charge in [0, 0.05) is 42.8 Å². The molecular formula is C36H39N3O6. The number of furan rings is 1. The first kappa shape index (κ1) is 31.7. The molecule has 3 aromatic carbocycles. The number of nitrogens with two attached hydrogens (primary N) is 1. The highest BCUT2D eigenvalue weighted by molar-refractivity contribution is 5.96. The third kappa shape index (κ3) is 8.07. The van der Waals surface area contributed by atoms with E-state index in [1.54, 1.807) is 20.5 Å². The second kappa shape index (κ2) is 15.9. The van der Waals surface area contributed by atoms with E-state index in [1.807, 2.05) is 84.9 Å². The molecule has 0 unspecified atom stereocenters. The normalized spacial score (nSPS) is 11.1. The highest BCUT2D eigenvalue weighted by Gasteiger charge is 2.23. The summed E-state index contributed by atoms with van der Waals surface area (Å²) in [5.74, 6) is 2.98. The van der Waals surface area contributed by atoms with E-state index in [0.29, 0.717) is 69.5 Å². The zero-order chi connectivity index (χ0) is 31.4. The summed E-state index contributed by atoms with van der Waals surface area (Å²) in [6.45, 7) is 3.04. The quantitative estimate of drug-likeness (QED) is 0.0940. The minimum Gasteiger partial charge on any atom is -0.497 e. The molecule has 0 radical (unpaired) electrons. The number of Topliss-reactive ketones (excluding diaryl/α,β-unsaturated/α-hetero) is 1. The highest BCUT2D eigenvalue weighted by Crippen LogP contribution is 2.38. The molecule has 0 amide bonds. The number of hydrogen-bond acceptors (Lipinski definition) is 8. The molecule has 5 aromatic rings. The van der Waals surface area contributed by atoms with E-state index in [0.717, 1.165) is 39.6 Å². The van der Waals surface area contributed by atoms with Crippen molar-refractivity contribution in [3.05, 3.63) is 102 Å². The maximum absolute atomic E-state index is 12.9. The average molecular weight is 610 g/mol. The van der Waals surface area contributed by atoms with Crippen LogP contribution >= 0.6 is 0 Å². The van der Waals surface area contributed by atoms with Gasteiger partial charge in [-0.25, -0.2) is 4.98 Å². The van der Waals surface area contributed by atoms with E-state index in [4.69, 9.17) is 34.1 Å². The Morgan fingerprint density at radius 2 is 1.44 bits per heavy atom. The van der Waals surface area contributed by atoms with Crippen LogP contribution in [0.4, 0.5) is 0 Å². The average Bonchev–Trinajstić information content (AvgIpc) is 3.75. The summed E-state index contributed by atoms with van der Waals surface area (Å²) in [6.07, 6.45) is 2.72. The molecule has 0 aliphatic heterocycles. The number of ether oxygens (including phenoxy) is 4. The summed E-state index contributed by atoms with van der Waals surface area (Å²) in [7, 11) is 3.30. The van der Waals surface area contributed by atoms with Crippen molar-refractivity contribution in [3.63, 3.8) is 0 Å². The molecule has 0 saturated heterocycles. The Hall–Kier alpha value is -4.70. The summed E-state index contributed by atoms with van der Waals surface area (Å²) >= 11 is 0. The second-order valence-corrected chi connectivity index (χ2v) is 10.4. The zero-order valence-corrected chi connectivity index (χ0v) is 25.7. The molecule has 0 aliphatic rings. The number of methoxy groups -OCH3 is 2. The fourth-order valence-corrected chi connectivity index (χ4v) is 5.06. The van der Waals surface area contributed by atoms with Gasteiger partial charge in [0.25, 0.3) is 0 Å². The third-order valence-electron chi connectivity index (χ3n) is 7.38. The molecule has 0 spiro atoms. The molecule has 0 fully saturated rings. The van der Waals surface area contributed by atoms with Gasteiger partial charge in [0.2, 0.25) is 0 Å². The van der Waals surface area contributed by atoms with Crippen molar-refractivity contribution in [2.45, 2.75) is 19.4 Å². The Bertz CT molecular complexity index is 1630. The van der Waals surface area contributed by atoms with Crippen molar-refractivity contribution >= 4 is 5.78 Å². The maximum Gasteiger partial charge on any atom is 0.177 e. The summed E-state index contributed by atoms with van der Waals surface area (Å²) in [6, 6.07) is 27.4. The Kier molecular flexibility index (Phi) is 11.2. The van der Waals surface area contributed by atoms with Crippen molar-refractivity contribution in [3.8, 4) is 45.6 Å². The van der Waals surface area contributed by atoms with E-state index in [-0.39, 0.29) is 5.78 Å². The predicted octanol–water partition coefficient (Wildman–Crippen LogP) is 6.50. The summed E-state index contributed by atoms with van der Waals surface area (Å²) in [4.78, 5) is 18.0. The first-order chi connectivity index (χ1) is 22.1. The van der Waals surface area contributed by atoms with Crippen molar-refractivity contribution < 1.29 is 28.2 Å². The van der Waals surface area contributed by atoms with Crippen LogP contribution in [-0.4, -0.2) is 62.5 Å². The van der Waals surface area contributed by atoms with Gasteiger partial charge in [-0.05, 0) is 72.6 Å². The van der Waals surface area contributed by atoms with Gasteiger partial charge in [-0.3, -0.25) is 4.79 Å². The number of ketones is 1.